The first kappa shape index (κ1) is 16.2. The van der Waals surface area contributed by atoms with Gasteiger partial charge in [-0.2, -0.15) is 0 Å². The molecule has 0 unspecified atom stereocenters. The molecule has 24 heavy (non-hydrogen) atoms. The maximum Gasteiger partial charge on any atom is 0.198 e. The summed E-state index contributed by atoms with van der Waals surface area (Å²) >= 11 is 0. The molecule has 5 heteroatoms. The molecule has 0 amide bonds. The average Bonchev–Trinajstić information content (AvgIpc) is 3.06. The number of para-hydroxylation sites is 1. The van der Waals surface area contributed by atoms with Gasteiger partial charge in [0.15, 0.2) is 5.96 Å². The van der Waals surface area contributed by atoms with Crippen LogP contribution < -0.4 is 19.7 Å². The highest BCUT2D eigenvalue weighted by molar-refractivity contribution is 5.97. The Morgan fingerprint density at radius 1 is 1.17 bits per heavy atom. The lowest BCUT2D eigenvalue weighted by Crippen LogP contribution is -2.42. The summed E-state index contributed by atoms with van der Waals surface area (Å²) in [7, 11) is 3.46. The number of nitrogens with zero attached hydrogens (tertiary/aromatic N) is 2. The van der Waals surface area contributed by atoms with Gasteiger partial charge in [-0.25, -0.2) is 0 Å². The Morgan fingerprint density at radius 2 is 2.00 bits per heavy atom. The summed E-state index contributed by atoms with van der Waals surface area (Å²) < 4.78 is 11.0. The van der Waals surface area contributed by atoms with E-state index in [1.54, 1.807) is 7.11 Å². The van der Waals surface area contributed by atoms with Crippen molar-refractivity contribution < 1.29 is 9.47 Å². The summed E-state index contributed by atoms with van der Waals surface area (Å²) in [5.74, 6) is 2.48. The van der Waals surface area contributed by atoms with Gasteiger partial charge in [-0.15, -0.1) is 0 Å². The van der Waals surface area contributed by atoms with Crippen molar-refractivity contribution in [2.24, 2.45) is 4.99 Å². The largest absolute Gasteiger partial charge is 0.497 e. The molecule has 1 heterocycles. The molecule has 1 N–H and O–H groups in total. The molecule has 2 aromatic carbocycles. The third-order valence-corrected chi connectivity index (χ3v) is 4.05. The van der Waals surface area contributed by atoms with Crippen LogP contribution in [0.1, 0.15) is 5.56 Å². The molecular weight excluding hydrogens is 302 g/mol. The molecule has 1 aliphatic heterocycles. The summed E-state index contributed by atoms with van der Waals surface area (Å²) in [6, 6.07) is 16.1. The number of hydrogen-bond acceptors (Lipinski definition) is 3. The predicted molar refractivity (Wildman–Crippen MR) is 97.3 cm³/mol. The van der Waals surface area contributed by atoms with Crippen LogP contribution in [-0.2, 0) is 6.42 Å². The van der Waals surface area contributed by atoms with Crippen molar-refractivity contribution in [1.82, 2.24) is 5.32 Å². The Hall–Kier alpha value is -2.69. The first-order valence-electron chi connectivity index (χ1n) is 8.15. The smallest absolute Gasteiger partial charge is 0.198 e. The molecule has 0 aromatic heterocycles. The summed E-state index contributed by atoms with van der Waals surface area (Å²) in [4.78, 5) is 6.62. The van der Waals surface area contributed by atoms with Gasteiger partial charge in [0.25, 0.3) is 0 Å². The molecule has 0 aliphatic carbocycles. The molecule has 2 aromatic rings. The molecule has 3 rings (SSSR count). The van der Waals surface area contributed by atoms with Crippen molar-refractivity contribution >= 4 is 11.6 Å². The third-order valence-electron chi connectivity index (χ3n) is 4.05. The minimum absolute atomic E-state index is 0.557. The van der Waals surface area contributed by atoms with Crippen LogP contribution in [0, 0.1) is 0 Å². The van der Waals surface area contributed by atoms with E-state index in [0.717, 1.165) is 30.4 Å². The molecule has 126 valence electrons. The number of fused-ring (bicyclic) bond motifs is 1. The standard InChI is InChI=1S/C19H23N3O2/c1-20-19(22-12-10-15-6-3-4-9-18(15)22)21-11-13-24-17-8-5-7-16(14-17)23-2/h3-9,14H,10-13H2,1-2H3,(H,20,21). The van der Waals surface area contributed by atoms with Gasteiger partial charge in [-0.05, 0) is 30.2 Å². The normalized spacial score (nSPS) is 13.6. The molecule has 5 nitrogen and oxygen atoms in total. The van der Waals surface area contributed by atoms with E-state index >= 15 is 0 Å². The van der Waals surface area contributed by atoms with Crippen molar-refractivity contribution in [3.8, 4) is 11.5 Å². The number of aliphatic imine (C=N–C) groups is 1. The van der Waals surface area contributed by atoms with Crippen LogP contribution in [0.25, 0.3) is 0 Å². The van der Waals surface area contributed by atoms with Crippen LogP contribution >= 0.6 is 0 Å². The number of hydrogen-bond donors (Lipinski definition) is 1. The zero-order valence-electron chi connectivity index (χ0n) is 14.2. The van der Waals surface area contributed by atoms with Crippen LogP contribution in [0.4, 0.5) is 5.69 Å². The fourth-order valence-electron chi connectivity index (χ4n) is 2.88. The highest BCUT2D eigenvalue weighted by atomic mass is 16.5. The molecule has 0 spiro atoms. The summed E-state index contributed by atoms with van der Waals surface area (Å²) in [5, 5.41) is 3.37. The Labute approximate surface area is 142 Å². The topological polar surface area (TPSA) is 46.1 Å². The molecule has 0 fully saturated rings. The number of nitrogens with one attached hydrogen (secondary N) is 1. The molecule has 0 saturated heterocycles. The maximum absolute atomic E-state index is 5.76. The number of rotatable bonds is 5. The molecule has 0 bridgehead atoms. The maximum atomic E-state index is 5.76. The lowest BCUT2D eigenvalue weighted by Gasteiger charge is -2.22. The fourth-order valence-corrected chi connectivity index (χ4v) is 2.88. The zero-order chi connectivity index (χ0) is 16.8. The number of benzene rings is 2. The van der Waals surface area contributed by atoms with E-state index in [9.17, 15) is 0 Å². The van der Waals surface area contributed by atoms with Gasteiger partial charge in [0.1, 0.15) is 18.1 Å². The first-order chi connectivity index (χ1) is 11.8. The number of guanidine groups is 1. The van der Waals surface area contributed by atoms with Crippen LogP contribution in [0.5, 0.6) is 11.5 Å². The van der Waals surface area contributed by atoms with Gasteiger partial charge in [-0.1, -0.05) is 24.3 Å². The second-order valence-corrected chi connectivity index (χ2v) is 5.53. The lowest BCUT2D eigenvalue weighted by atomic mass is 10.2. The lowest BCUT2D eigenvalue weighted by molar-refractivity contribution is 0.319. The monoisotopic (exact) mass is 325 g/mol. The minimum atomic E-state index is 0.557. The number of ether oxygens (including phenoxy) is 2. The van der Waals surface area contributed by atoms with Gasteiger partial charge < -0.3 is 19.7 Å². The summed E-state index contributed by atoms with van der Waals surface area (Å²) in [6.07, 6.45) is 1.05. The molecule has 0 atom stereocenters. The van der Waals surface area contributed by atoms with Crippen LogP contribution in [0.2, 0.25) is 0 Å². The van der Waals surface area contributed by atoms with E-state index in [4.69, 9.17) is 9.47 Å². The SMILES string of the molecule is CN=C(NCCOc1cccc(OC)c1)N1CCc2ccccc21. The minimum Gasteiger partial charge on any atom is -0.497 e. The van der Waals surface area contributed by atoms with Gasteiger partial charge in [0.05, 0.1) is 13.7 Å². The van der Waals surface area contributed by atoms with Gasteiger partial charge in [0, 0.05) is 25.3 Å². The second kappa shape index (κ2) is 7.73. The van der Waals surface area contributed by atoms with E-state index in [1.807, 2.05) is 31.3 Å². The van der Waals surface area contributed by atoms with Gasteiger partial charge >= 0.3 is 0 Å². The molecule has 1 aliphatic rings. The Balaban J connectivity index is 1.52. The van der Waals surface area contributed by atoms with Gasteiger partial charge in [-0.3, -0.25) is 4.99 Å². The van der Waals surface area contributed by atoms with Gasteiger partial charge in [0.2, 0.25) is 0 Å². The molecule has 0 radical (unpaired) electrons. The Morgan fingerprint density at radius 3 is 2.83 bits per heavy atom. The van der Waals surface area contributed by atoms with E-state index in [1.165, 1.54) is 11.3 Å². The van der Waals surface area contributed by atoms with Crippen LogP contribution in [0.15, 0.2) is 53.5 Å². The van der Waals surface area contributed by atoms with Crippen LogP contribution in [-0.4, -0.2) is 39.8 Å². The van der Waals surface area contributed by atoms with Crippen molar-refractivity contribution in [3.63, 3.8) is 0 Å². The molecular formula is C19H23N3O2. The predicted octanol–water partition coefficient (Wildman–Crippen LogP) is 2.71. The van der Waals surface area contributed by atoms with Crippen molar-refractivity contribution in [2.45, 2.75) is 6.42 Å². The fraction of sp³-hybridized carbons (Fsp3) is 0.316. The highest BCUT2D eigenvalue weighted by Gasteiger charge is 2.21. The third kappa shape index (κ3) is 3.62. The second-order valence-electron chi connectivity index (χ2n) is 5.53. The number of anilines is 1. The summed E-state index contributed by atoms with van der Waals surface area (Å²) in [6.45, 7) is 2.19. The highest BCUT2D eigenvalue weighted by Crippen LogP contribution is 2.27. The van der Waals surface area contributed by atoms with E-state index in [2.05, 4.69) is 39.5 Å². The molecule has 0 saturated carbocycles. The Kier molecular flexibility index (Phi) is 5.21. The Bertz CT molecular complexity index is 715. The van der Waals surface area contributed by atoms with Crippen molar-refractivity contribution in [3.05, 3.63) is 54.1 Å². The average molecular weight is 325 g/mol. The number of methoxy groups -OCH3 is 1. The van der Waals surface area contributed by atoms with Crippen molar-refractivity contribution in [1.29, 1.82) is 0 Å². The van der Waals surface area contributed by atoms with Crippen LogP contribution in [0.3, 0.4) is 0 Å². The first-order valence-corrected chi connectivity index (χ1v) is 8.15. The van der Waals surface area contributed by atoms with E-state index in [0.29, 0.717) is 13.2 Å². The summed E-state index contributed by atoms with van der Waals surface area (Å²) in [5.41, 5.74) is 2.60. The quantitative estimate of drug-likeness (QED) is 0.522. The van der Waals surface area contributed by atoms with Crippen molar-refractivity contribution in [2.75, 3.05) is 38.8 Å². The zero-order valence-corrected chi connectivity index (χ0v) is 14.2. The van der Waals surface area contributed by atoms with E-state index < -0.39 is 0 Å². The van der Waals surface area contributed by atoms with E-state index in [-0.39, 0.29) is 0 Å².